The number of amides is 1. The standard InChI is InChI=1S/C19H22N2O3S.ClH/c1-21(14-6-8-20-9-7-14)19(22)18-5-4-17(25-18)13-2-3-15-16(12-13)24-11-10-23-15;/h2-5,12,14,20H,6-11H2,1H3;1H. The Morgan fingerprint density at radius 2 is 1.85 bits per heavy atom. The topological polar surface area (TPSA) is 50.8 Å². The molecular formula is C19H23ClN2O3S. The van der Waals surface area contributed by atoms with Crippen LogP contribution in [0, 0.1) is 0 Å². The molecule has 1 N–H and O–H groups in total. The van der Waals surface area contributed by atoms with Crippen molar-refractivity contribution in [3.8, 4) is 21.9 Å². The molecule has 2 aliphatic rings. The van der Waals surface area contributed by atoms with Crippen molar-refractivity contribution in [3.05, 3.63) is 35.2 Å². The lowest BCUT2D eigenvalue weighted by molar-refractivity contribution is 0.0708. The van der Waals surface area contributed by atoms with Gasteiger partial charge in [0.1, 0.15) is 13.2 Å². The van der Waals surface area contributed by atoms with Gasteiger partial charge in [0.15, 0.2) is 11.5 Å². The number of halogens is 1. The van der Waals surface area contributed by atoms with E-state index < -0.39 is 0 Å². The first-order valence-electron chi connectivity index (χ1n) is 8.70. The Kier molecular flexibility index (Phi) is 6.06. The lowest BCUT2D eigenvalue weighted by Gasteiger charge is -2.31. The van der Waals surface area contributed by atoms with Crippen LogP contribution in [0.4, 0.5) is 0 Å². The number of piperidine rings is 1. The van der Waals surface area contributed by atoms with Crippen LogP contribution in [0.3, 0.4) is 0 Å². The molecule has 2 aromatic rings. The van der Waals surface area contributed by atoms with E-state index in [9.17, 15) is 4.79 Å². The summed E-state index contributed by atoms with van der Waals surface area (Å²) in [4.78, 5) is 16.5. The third kappa shape index (κ3) is 3.82. The molecule has 0 unspecified atom stereocenters. The van der Waals surface area contributed by atoms with E-state index >= 15 is 0 Å². The van der Waals surface area contributed by atoms with E-state index in [1.165, 1.54) is 11.3 Å². The number of thiophene rings is 1. The Balaban J connectivity index is 0.00000196. The summed E-state index contributed by atoms with van der Waals surface area (Å²) >= 11 is 1.53. The van der Waals surface area contributed by atoms with Gasteiger partial charge in [-0.05, 0) is 61.8 Å². The molecule has 3 heterocycles. The summed E-state index contributed by atoms with van der Waals surface area (Å²) < 4.78 is 11.2. The summed E-state index contributed by atoms with van der Waals surface area (Å²) in [7, 11) is 1.92. The summed E-state index contributed by atoms with van der Waals surface area (Å²) in [6, 6.07) is 10.2. The SMILES string of the molecule is CN(C(=O)c1ccc(-c2ccc3c(c2)OCCO3)s1)C1CCNCC1.Cl. The molecule has 4 rings (SSSR count). The van der Waals surface area contributed by atoms with Crippen molar-refractivity contribution in [2.24, 2.45) is 0 Å². The van der Waals surface area contributed by atoms with E-state index in [1.807, 2.05) is 42.3 Å². The zero-order valence-corrected chi connectivity index (χ0v) is 16.3. The highest BCUT2D eigenvalue weighted by molar-refractivity contribution is 7.17. The second-order valence-electron chi connectivity index (χ2n) is 6.42. The fraction of sp³-hybridized carbons (Fsp3) is 0.421. The predicted octanol–water partition coefficient (Wildman–Crippen LogP) is 3.43. The number of nitrogens with one attached hydrogen (secondary N) is 1. The van der Waals surface area contributed by atoms with Gasteiger partial charge in [-0.2, -0.15) is 0 Å². The van der Waals surface area contributed by atoms with Gasteiger partial charge in [-0.1, -0.05) is 0 Å². The average molecular weight is 395 g/mol. The normalized spacial score (nSPS) is 16.7. The largest absolute Gasteiger partial charge is 0.486 e. The zero-order chi connectivity index (χ0) is 17.2. The molecule has 0 bridgehead atoms. The van der Waals surface area contributed by atoms with Crippen molar-refractivity contribution in [2.75, 3.05) is 33.4 Å². The van der Waals surface area contributed by atoms with Gasteiger partial charge >= 0.3 is 0 Å². The summed E-state index contributed by atoms with van der Waals surface area (Å²) in [5, 5.41) is 3.34. The van der Waals surface area contributed by atoms with E-state index in [-0.39, 0.29) is 18.3 Å². The van der Waals surface area contributed by atoms with E-state index in [1.54, 1.807) is 0 Å². The summed E-state index contributed by atoms with van der Waals surface area (Å²) in [5.74, 6) is 1.67. The molecule has 0 radical (unpaired) electrons. The number of rotatable bonds is 3. The van der Waals surface area contributed by atoms with Crippen LogP contribution in [0.25, 0.3) is 10.4 Å². The Hall–Kier alpha value is -1.76. The fourth-order valence-electron chi connectivity index (χ4n) is 3.34. The minimum Gasteiger partial charge on any atom is -0.486 e. The number of ether oxygens (including phenoxy) is 2. The van der Waals surface area contributed by atoms with Gasteiger partial charge in [-0.15, -0.1) is 23.7 Å². The molecule has 1 aromatic heterocycles. The van der Waals surface area contributed by atoms with Crippen molar-refractivity contribution in [3.63, 3.8) is 0 Å². The molecule has 26 heavy (non-hydrogen) atoms. The molecule has 0 aliphatic carbocycles. The smallest absolute Gasteiger partial charge is 0.263 e. The van der Waals surface area contributed by atoms with Gasteiger partial charge in [0.2, 0.25) is 0 Å². The molecule has 7 heteroatoms. The molecule has 5 nitrogen and oxygen atoms in total. The monoisotopic (exact) mass is 394 g/mol. The van der Waals surface area contributed by atoms with Gasteiger partial charge < -0.3 is 19.7 Å². The Labute approximate surface area is 163 Å². The molecule has 0 atom stereocenters. The van der Waals surface area contributed by atoms with Gasteiger partial charge in [0.25, 0.3) is 5.91 Å². The van der Waals surface area contributed by atoms with Gasteiger partial charge in [0.05, 0.1) is 4.88 Å². The number of benzene rings is 1. The lowest BCUT2D eigenvalue weighted by Crippen LogP contribution is -2.43. The first-order chi connectivity index (χ1) is 12.2. The molecule has 1 fully saturated rings. The van der Waals surface area contributed by atoms with Crippen molar-refractivity contribution >= 4 is 29.7 Å². The van der Waals surface area contributed by atoms with Crippen LogP contribution < -0.4 is 14.8 Å². The summed E-state index contributed by atoms with van der Waals surface area (Å²) in [5.41, 5.74) is 1.05. The Morgan fingerprint density at radius 1 is 1.12 bits per heavy atom. The maximum Gasteiger partial charge on any atom is 0.263 e. The molecule has 2 aliphatic heterocycles. The average Bonchev–Trinajstić information content (AvgIpc) is 3.17. The molecule has 140 valence electrons. The van der Waals surface area contributed by atoms with Crippen molar-refractivity contribution in [2.45, 2.75) is 18.9 Å². The highest BCUT2D eigenvalue weighted by Crippen LogP contribution is 2.37. The molecule has 1 saturated heterocycles. The summed E-state index contributed by atoms with van der Waals surface area (Å²) in [6.07, 6.45) is 2.03. The molecule has 1 aromatic carbocycles. The maximum absolute atomic E-state index is 12.8. The zero-order valence-electron chi connectivity index (χ0n) is 14.7. The van der Waals surface area contributed by atoms with Crippen LogP contribution >= 0.6 is 23.7 Å². The van der Waals surface area contributed by atoms with E-state index in [2.05, 4.69) is 5.32 Å². The van der Waals surface area contributed by atoms with E-state index in [0.717, 1.165) is 52.7 Å². The highest BCUT2D eigenvalue weighted by Gasteiger charge is 2.24. The quantitative estimate of drug-likeness (QED) is 0.866. The number of hydrogen-bond acceptors (Lipinski definition) is 5. The fourth-order valence-corrected chi connectivity index (χ4v) is 4.32. The molecule has 0 spiro atoms. The number of hydrogen-bond donors (Lipinski definition) is 1. The second-order valence-corrected chi connectivity index (χ2v) is 7.50. The highest BCUT2D eigenvalue weighted by atomic mass is 35.5. The van der Waals surface area contributed by atoms with Crippen LogP contribution in [-0.4, -0.2) is 50.2 Å². The van der Waals surface area contributed by atoms with Gasteiger partial charge in [-0.25, -0.2) is 0 Å². The lowest BCUT2D eigenvalue weighted by atomic mass is 10.1. The minimum atomic E-state index is 0. The van der Waals surface area contributed by atoms with Crippen molar-refractivity contribution in [1.29, 1.82) is 0 Å². The summed E-state index contributed by atoms with van der Waals surface area (Å²) in [6.45, 7) is 3.13. The number of fused-ring (bicyclic) bond motifs is 1. The van der Waals surface area contributed by atoms with Gasteiger partial charge in [0, 0.05) is 18.0 Å². The van der Waals surface area contributed by atoms with E-state index in [4.69, 9.17) is 9.47 Å². The van der Waals surface area contributed by atoms with Crippen LogP contribution in [0.2, 0.25) is 0 Å². The minimum absolute atomic E-state index is 0. The van der Waals surface area contributed by atoms with Crippen LogP contribution in [0.15, 0.2) is 30.3 Å². The number of carbonyl (C=O) groups is 1. The first-order valence-corrected chi connectivity index (χ1v) is 9.52. The van der Waals surface area contributed by atoms with Crippen molar-refractivity contribution in [1.82, 2.24) is 10.2 Å². The third-order valence-corrected chi connectivity index (χ3v) is 5.94. The molecule has 0 saturated carbocycles. The number of nitrogens with zero attached hydrogens (tertiary/aromatic N) is 1. The maximum atomic E-state index is 12.8. The second kappa shape index (κ2) is 8.29. The van der Waals surface area contributed by atoms with Crippen LogP contribution in [-0.2, 0) is 0 Å². The molecular weight excluding hydrogens is 372 g/mol. The third-order valence-electron chi connectivity index (χ3n) is 4.82. The number of carbonyl (C=O) groups excluding carboxylic acids is 1. The van der Waals surface area contributed by atoms with Crippen LogP contribution in [0.5, 0.6) is 11.5 Å². The van der Waals surface area contributed by atoms with Crippen LogP contribution in [0.1, 0.15) is 22.5 Å². The van der Waals surface area contributed by atoms with Gasteiger partial charge in [-0.3, -0.25) is 4.79 Å². The first kappa shape index (κ1) is 19.0. The predicted molar refractivity (Wildman–Crippen MR) is 106 cm³/mol. The molecule has 1 amide bonds. The Morgan fingerprint density at radius 3 is 2.62 bits per heavy atom. The Bertz CT molecular complexity index is 774. The van der Waals surface area contributed by atoms with Crippen molar-refractivity contribution < 1.29 is 14.3 Å². The van der Waals surface area contributed by atoms with E-state index in [0.29, 0.717) is 19.3 Å².